The molecular formula is C26H30N4O2. The smallest absolute Gasteiger partial charge is 0.230 e. The summed E-state index contributed by atoms with van der Waals surface area (Å²) < 4.78 is 8.04. The third-order valence-corrected chi connectivity index (χ3v) is 5.85. The molecule has 0 saturated carbocycles. The van der Waals surface area contributed by atoms with Crippen LogP contribution in [0.3, 0.4) is 0 Å². The van der Waals surface area contributed by atoms with Crippen LogP contribution in [0.5, 0.6) is 0 Å². The fourth-order valence-corrected chi connectivity index (χ4v) is 3.92. The van der Waals surface area contributed by atoms with Crippen LogP contribution in [0.2, 0.25) is 0 Å². The van der Waals surface area contributed by atoms with Gasteiger partial charge in [-0.3, -0.25) is 4.79 Å². The molecule has 0 unspecified atom stereocenters. The summed E-state index contributed by atoms with van der Waals surface area (Å²) >= 11 is 0. The molecule has 2 aromatic carbocycles. The van der Waals surface area contributed by atoms with E-state index >= 15 is 0 Å². The van der Waals surface area contributed by atoms with Gasteiger partial charge in [0.2, 0.25) is 11.8 Å². The largest absolute Gasteiger partial charge is 0.441 e. The molecule has 166 valence electrons. The van der Waals surface area contributed by atoms with E-state index in [9.17, 15) is 4.79 Å². The van der Waals surface area contributed by atoms with Crippen molar-refractivity contribution in [3.05, 3.63) is 72.2 Å². The van der Waals surface area contributed by atoms with Crippen LogP contribution >= 0.6 is 0 Å². The molecule has 0 aliphatic carbocycles. The average Bonchev–Trinajstić information content (AvgIpc) is 3.38. The predicted octanol–water partition coefficient (Wildman–Crippen LogP) is 5.13. The molecule has 2 heterocycles. The van der Waals surface area contributed by atoms with Crippen molar-refractivity contribution in [3.63, 3.8) is 0 Å². The normalized spacial score (nSPS) is 11.4. The van der Waals surface area contributed by atoms with E-state index in [1.807, 2.05) is 49.4 Å². The highest BCUT2D eigenvalue weighted by Gasteiger charge is 2.15. The summed E-state index contributed by atoms with van der Waals surface area (Å²) in [6.07, 6.45) is 2.29. The van der Waals surface area contributed by atoms with E-state index in [4.69, 9.17) is 4.42 Å². The van der Waals surface area contributed by atoms with Gasteiger partial charge in [0, 0.05) is 41.4 Å². The zero-order valence-corrected chi connectivity index (χ0v) is 19.0. The molecule has 4 aromatic rings. The Balaban J connectivity index is 1.41. The minimum absolute atomic E-state index is 0.110. The molecule has 0 radical (unpaired) electrons. The molecule has 0 aliphatic heterocycles. The number of hydrogen-bond acceptors (Lipinski definition) is 4. The van der Waals surface area contributed by atoms with Gasteiger partial charge in [-0.1, -0.05) is 32.0 Å². The van der Waals surface area contributed by atoms with Gasteiger partial charge >= 0.3 is 0 Å². The maximum Gasteiger partial charge on any atom is 0.230 e. The summed E-state index contributed by atoms with van der Waals surface area (Å²) in [4.78, 5) is 19.6. The molecular weight excluding hydrogens is 400 g/mol. The number of fused-ring (bicyclic) bond motifs is 1. The number of aromatic nitrogens is 2. The van der Waals surface area contributed by atoms with Crippen LogP contribution in [0.1, 0.15) is 25.3 Å². The van der Waals surface area contributed by atoms with Gasteiger partial charge in [0.05, 0.1) is 12.1 Å². The van der Waals surface area contributed by atoms with Crippen molar-refractivity contribution >= 4 is 22.5 Å². The number of rotatable bonds is 9. The highest BCUT2D eigenvalue weighted by Crippen LogP contribution is 2.23. The molecule has 6 heteroatoms. The summed E-state index contributed by atoms with van der Waals surface area (Å²) in [5, 5.41) is 4.12. The van der Waals surface area contributed by atoms with Gasteiger partial charge in [-0.2, -0.15) is 0 Å². The first-order chi connectivity index (χ1) is 15.6. The highest BCUT2D eigenvalue weighted by atomic mass is 16.4. The number of benzene rings is 2. The van der Waals surface area contributed by atoms with Crippen molar-refractivity contribution < 1.29 is 9.21 Å². The van der Waals surface area contributed by atoms with Crippen LogP contribution in [-0.4, -0.2) is 40.0 Å². The fourth-order valence-electron chi connectivity index (χ4n) is 3.92. The SMILES string of the molecule is CCN(CC)CCn1ccc2cc(NC(=O)Cc3nc(-c4ccccc4)oc3C)ccc21. The van der Waals surface area contributed by atoms with Crippen molar-refractivity contribution in [1.29, 1.82) is 0 Å². The molecule has 0 fully saturated rings. The van der Waals surface area contributed by atoms with E-state index in [2.05, 4.69) is 51.9 Å². The Morgan fingerprint density at radius 1 is 1.09 bits per heavy atom. The first-order valence-electron chi connectivity index (χ1n) is 11.2. The van der Waals surface area contributed by atoms with E-state index in [0.717, 1.165) is 42.8 Å². The fraction of sp³-hybridized carbons (Fsp3) is 0.308. The molecule has 6 nitrogen and oxygen atoms in total. The minimum Gasteiger partial charge on any atom is -0.441 e. The second kappa shape index (κ2) is 9.83. The third kappa shape index (κ3) is 4.92. The zero-order chi connectivity index (χ0) is 22.5. The van der Waals surface area contributed by atoms with Crippen molar-refractivity contribution in [1.82, 2.24) is 14.5 Å². The Morgan fingerprint density at radius 2 is 1.88 bits per heavy atom. The van der Waals surface area contributed by atoms with E-state index in [0.29, 0.717) is 17.3 Å². The van der Waals surface area contributed by atoms with Gasteiger partial charge in [-0.05, 0) is 56.4 Å². The van der Waals surface area contributed by atoms with E-state index in [-0.39, 0.29) is 12.3 Å². The Kier molecular flexibility index (Phi) is 6.71. The van der Waals surface area contributed by atoms with E-state index in [1.54, 1.807) is 0 Å². The summed E-state index contributed by atoms with van der Waals surface area (Å²) in [5.41, 5.74) is 3.52. The quantitative estimate of drug-likeness (QED) is 0.400. The zero-order valence-electron chi connectivity index (χ0n) is 19.0. The average molecular weight is 431 g/mol. The lowest BCUT2D eigenvalue weighted by molar-refractivity contribution is -0.115. The highest BCUT2D eigenvalue weighted by molar-refractivity contribution is 5.95. The van der Waals surface area contributed by atoms with E-state index in [1.165, 1.54) is 5.52 Å². The number of hydrogen-bond donors (Lipinski definition) is 1. The van der Waals surface area contributed by atoms with Crippen molar-refractivity contribution in [2.24, 2.45) is 0 Å². The lowest BCUT2D eigenvalue weighted by atomic mass is 10.2. The molecule has 0 atom stereocenters. The Hall–Kier alpha value is -3.38. The van der Waals surface area contributed by atoms with Gasteiger partial charge < -0.3 is 19.2 Å². The number of anilines is 1. The molecule has 1 amide bonds. The topological polar surface area (TPSA) is 63.3 Å². The number of aryl methyl sites for hydroxylation is 1. The molecule has 32 heavy (non-hydrogen) atoms. The summed E-state index contributed by atoms with van der Waals surface area (Å²) in [5.74, 6) is 1.10. The second-order valence-electron chi connectivity index (χ2n) is 7.92. The second-order valence-corrected chi connectivity index (χ2v) is 7.92. The molecule has 1 N–H and O–H groups in total. The van der Waals surface area contributed by atoms with Crippen LogP contribution < -0.4 is 5.32 Å². The summed E-state index contributed by atoms with van der Waals surface area (Å²) in [7, 11) is 0. The molecule has 4 rings (SSSR count). The summed E-state index contributed by atoms with van der Waals surface area (Å²) in [6.45, 7) is 10.3. The maximum atomic E-state index is 12.7. The lowest BCUT2D eigenvalue weighted by Gasteiger charge is -2.18. The number of amides is 1. The number of carbonyl (C=O) groups is 1. The number of nitrogens with zero attached hydrogens (tertiary/aromatic N) is 3. The first kappa shape index (κ1) is 21.8. The molecule has 0 aliphatic rings. The van der Waals surface area contributed by atoms with Gasteiger partial charge in [-0.15, -0.1) is 0 Å². The standard InChI is InChI=1S/C26H30N4O2/c1-4-29(5-2)15-16-30-14-13-21-17-22(11-12-24(21)30)27-25(31)18-23-19(3)32-26(28-23)20-9-7-6-8-10-20/h6-14,17H,4-5,15-16,18H2,1-3H3,(H,27,31). The van der Waals surface area contributed by atoms with Crippen molar-refractivity contribution in [2.75, 3.05) is 25.0 Å². The number of oxazole rings is 1. The van der Waals surface area contributed by atoms with Gasteiger partial charge in [0.25, 0.3) is 0 Å². The third-order valence-electron chi connectivity index (χ3n) is 5.85. The maximum absolute atomic E-state index is 12.7. The molecule has 0 bridgehead atoms. The van der Waals surface area contributed by atoms with Gasteiger partial charge in [-0.25, -0.2) is 4.98 Å². The van der Waals surface area contributed by atoms with Crippen LogP contribution in [0.4, 0.5) is 5.69 Å². The molecule has 2 aromatic heterocycles. The number of nitrogens with one attached hydrogen (secondary N) is 1. The van der Waals surface area contributed by atoms with Crippen LogP contribution in [0, 0.1) is 6.92 Å². The monoisotopic (exact) mass is 430 g/mol. The first-order valence-corrected chi connectivity index (χ1v) is 11.2. The van der Waals surface area contributed by atoms with Gasteiger partial charge in [0.1, 0.15) is 5.76 Å². The van der Waals surface area contributed by atoms with Crippen LogP contribution in [0.15, 0.2) is 65.2 Å². The van der Waals surface area contributed by atoms with Crippen molar-refractivity contribution in [2.45, 2.75) is 33.7 Å². The Morgan fingerprint density at radius 3 is 2.62 bits per heavy atom. The van der Waals surface area contributed by atoms with Gasteiger partial charge in [0.15, 0.2) is 0 Å². The minimum atomic E-state index is -0.110. The van der Waals surface area contributed by atoms with E-state index < -0.39 is 0 Å². The lowest BCUT2D eigenvalue weighted by Crippen LogP contribution is -2.26. The van der Waals surface area contributed by atoms with Crippen molar-refractivity contribution in [3.8, 4) is 11.5 Å². The molecule has 0 saturated heterocycles. The van der Waals surface area contributed by atoms with Crippen LogP contribution in [0.25, 0.3) is 22.4 Å². The van der Waals surface area contributed by atoms with Crippen LogP contribution in [-0.2, 0) is 17.8 Å². The predicted molar refractivity (Wildman–Crippen MR) is 129 cm³/mol. The number of carbonyl (C=O) groups excluding carboxylic acids is 1. The number of likely N-dealkylation sites (N-methyl/N-ethyl adjacent to an activating group) is 1. The summed E-state index contributed by atoms with van der Waals surface area (Å²) in [6, 6.07) is 17.9. The Labute approximate surface area is 188 Å². The Bertz CT molecular complexity index is 1190. The molecule has 0 spiro atoms.